The Morgan fingerprint density at radius 2 is 1.66 bits per heavy atom. The van der Waals surface area contributed by atoms with Gasteiger partial charge in [-0.1, -0.05) is 18.2 Å². The number of fused-ring (bicyclic) bond motifs is 4. The Bertz CT molecular complexity index is 1220. The topological polar surface area (TPSA) is 75.1 Å². The van der Waals surface area contributed by atoms with E-state index in [-0.39, 0.29) is 34.8 Å². The fourth-order valence-electron chi connectivity index (χ4n) is 6.07. The Balaban J connectivity index is 1.49. The third-order valence-electron chi connectivity index (χ3n) is 7.72. The highest BCUT2D eigenvalue weighted by atomic mass is 32.1. The molecular formula is C26H30N4O4S. The molecule has 2 bridgehead atoms. The van der Waals surface area contributed by atoms with Gasteiger partial charge in [-0.3, -0.25) is 24.2 Å². The van der Waals surface area contributed by atoms with Gasteiger partial charge in [0.1, 0.15) is 11.2 Å². The molecule has 2 atom stereocenters. The predicted octanol–water partition coefficient (Wildman–Crippen LogP) is 1.72. The number of carbonyl (C=O) groups is 2. The van der Waals surface area contributed by atoms with Gasteiger partial charge in [0.05, 0.1) is 7.11 Å². The van der Waals surface area contributed by atoms with Crippen molar-refractivity contribution in [1.29, 1.82) is 0 Å². The van der Waals surface area contributed by atoms with E-state index >= 15 is 0 Å². The van der Waals surface area contributed by atoms with Gasteiger partial charge in [-0.25, -0.2) is 0 Å². The first-order valence-corrected chi connectivity index (χ1v) is 12.3. The summed E-state index contributed by atoms with van der Waals surface area (Å²) >= 11 is 5.38. The van der Waals surface area contributed by atoms with E-state index in [9.17, 15) is 14.4 Å². The molecule has 0 saturated carbocycles. The predicted molar refractivity (Wildman–Crippen MR) is 135 cm³/mol. The van der Waals surface area contributed by atoms with Gasteiger partial charge in [-0.2, -0.15) is 0 Å². The molecule has 5 rings (SSSR count). The van der Waals surface area contributed by atoms with Crippen molar-refractivity contribution >= 4 is 29.1 Å². The second kappa shape index (κ2) is 8.87. The van der Waals surface area contributed by atoms with Crippen LogP contribution in [0.5, 0.6) is 5.75 Å². The van der Waals surface area contributed by atoms with E-state index in [1.54, 1.807) is 27.3 Å². The van der Waals surface area contributed by atoms with E-state index < -0.39 is 5.41 Å². The summed E-state index contributed by atoms with van der Waals surface area (Å²) in [6.45, 7) is 2.40. The van der Waals surface area contributed by atoms with Gasteiger partial charge in [0, 0.05) is 58.0 Å². The molecule has 4 heterocycles. The van der Waals surface area contributed by atoms with Crippen LogP contribution in [0.2, 0.25) is 0 Å². The first kappa shape index (κ1) is 23.7. The monoisotopic (exact) mass is 494 g/mol. The molecule has 3 aliphatic rings. The van der Waals surface area contributed by atoms with Gasteiger partial charge >= 0.3 is 0 Å². The number of carbonyl (C=O) groups excluding carboxylic acids is 2. The van der Waals surface area contributed by atoms with Crippen molar-refractivity contribution in [2.75, 3.05) is 40.8 Å². The Hall–Kier alpha value is -3.04. The highest BCUT2D eigenvalue weighted by Crippen LogP contribution is 2.39. The Labute approximate surface area is 210 Å². The van der Waals surface area contributed by atoms with Crippen molar-refractivity contribution in [3.63, 3.8) is 0 Å². The van der Waals surface area contributed by atoms with Crippen LogP contribution >= 0.6 is 12.2 Å². The number of methoxy groups -OCH3 is 1. The van der Waals surface area contributed by atoms with Crippen LogP contribution in [0.4, 0.5) is 0 Å². The van der Waals surface area contributed by atoms with Crippen LogP contribution in [0.15, 0.2) is 47.3 Å². The lowest BCUT2D eigenvalue weighted by Crippen LogP contribution is -2.67. The number of amides is 2. The number of piperidine rings is 1. The molecular weight excluding hydrogens is 464 g/mol. The van der Waals surface area contributed by atoms with E-state index in [1.165, 1.54) is 9.80 Å². The maximum Gasteiger partial charge on any atom is 0.250 e. The van der Waals surface area contributed by atoms with Crippen molar-refractivity contribution in [3.05, 3.63) is 64.1 Å². The van der Waals surface area contributed by atoms with Crippen LogP contribution in [0.1, 0.15) is 23.6 Å². The molecule has 0 radical (unpaired) electrons. The maximum absolute atomic E-state index is 13.8. The number of ether oxygens (including phenoxy) is 1. The number of benzene rings is 1. The molecule has 3 aliphatic heterocycles. The van der Waals surface area contributed by atoms with Crippen molar-refractivity contribution in [1.82, 2.24) is 19.3 Å². The summed E-state index contributed by atoms with van der Waals surface area (Å²) in [5.74, 6) is 0.671. The summed E-state index contributed by atoms with van der Waals surface area (Å²) < 4.78 is 7.16. The third-order valence-corrected chi connectivity index (χ3v) is 8.26. The molecule has 1 aromatic carbocycles. The summed E-state index contributed by atoms with van der Waals surface area (Å²) in [5.41, 5.74) is 0.675. The van der Waals surface area contributed by atoms with E-state index in [2.05, 4.69) is 4.90 Å². The number of pyridine rings is 1. The van der Waals surface area contributed by atoms with Crippen LogP contribution in [-0.2, 0) is 22.6 Å². The van der Waals surface area contributed by atoms with Crippen molar-refractivity contribution < 1.29 is 14.3 Å². The van der Waals surface area contributed by atoms with E-state index in [0.29, 0.717) is 25.6 Å². The minimum atomic E-state index is -1.29. The lowest BCUT2D eigenvalue weighted by atomic mass is 9.75. The zero-order chi connectivity index (χ0) is 24.9. The number of thiocarbonyl (C=S) groups is 1. The van der Waals surface area contributed by atoms with Crippen LogP contribution in [0.25, 0.3) is 0 Å². The molecule has 35 heavy (non-hydrogen) atoms. The highest BCUT2D eigenvalue weighted by Gasteiger charge is 2.55. The van der Waals surface area contributed by atoms with E-state index in [0.717, 1.165) is 30.0 Å². The molecule has 2 saturated heterocycles. The average Bonchev–Trinajstić information content (AvgIpc) is 2.86. The summed E-state index contributed by atoms with van der Waals surface area (Å²) in [6, 6.07) is 13.0. The van der Waals surface area contributed by atoms with Gasteiger partial charge in [0.2, 0.25) is 11.8 Å². The van der Waals surface area contributed by atoms with Crippen LogP contribution in [0.3, 0.4) is 0 Å². The molecule has 2 unspecified atom stereocenters. The molecule has 184 valence electrons. The lowest BCUT2D eigenvalue weighted by molar-refractivity contribution is -0.157. The SMILES string of the molecule is COc1ccc(CC2(CN3CC4CC(C3)c3cccc(=O)n3C4)C(=O)N(C)C(=S)N(C)C2=O)cc1. The van der Waals surface area contributed by atoms with Gasteiger partial charge in [-0.05, 0) is 54.7 Å². The Morgan fingerprint density at radius 1 is 0.971 bits per heavy atom. The molecule has 8 nitrogen and oxygen atoms in total. The van der Waals surface area contributed by atoms with Crippen LogP contribution in [-0.4, -0.2) is 77.0 Å². The second-order valence-corrected chi connectivity index (χ2v) is 10.4. The van der Waals surface area contributed by atoms with Gasteiger partial charge in [-0.15, -0.1) is 0 Å². The van der Waals surface area contributed by atoms with Crippen LogP contribution < -0.4 is 10.3 Å². The molecule has 2 fully saturated rings. The van der Waals surface area contributed by atoms with Crippen molar-refractivity contribution in [2.24, 2.45) is 11.3 Å². The fraction of sp³-hybridized carbons (Fsp3) is 0.462. The molecule has 2 aromatic rings. The van der Waals surface area contributed by atoms with Gasteiger partial charge in [0.25, 0.3) is 5.56 Å². The zero-order valence-corrected chi connectivity index (χ0v) is 21.1. The van der Waals surface area contributed by atoms with Gasteiger partial charge in [0.15, 0.2) is 5.11 Å². The largest absolute Gasteiger partial charge is 0.497 e. The molecule has 0 N–H and O–H groups in total. The third kappa shape index (κ3) is 3.96. The number of nitrogens with zero attached hydrogens (tertiary/aromatic N) is 4. The van der Waals surface area contributed by atoms with E-state index in [4.69, 9.17) is 17.0 Å². The number of likely N-dealkylation sites (tertiary alicyclic amines) is 1. The number of hydrogen-bond donors (Lipinski definition) is 0. The molecule has 2 amide bonds. The first-order valence-electron chi connectivity index (χ1n) is 11.9. The number of hydrogen-bond acceptors (Lipinski definition) is 6. The standard InChI is InChI=1S/C26H30N4O4S/c1-27-23(32)26(24(33)28(2)25(27)35,12-17-7-9-20(34-3)10-8-17)16-29-13-18-11-19(15-29)21-5-4-6-22(31)30(21)14-18/h4-10,18-19H,11-16H2,1-3H3. The number of rotatable bonds is 5. The second-order valence-electron chi connectivity index (χ2n) is 10.0. The van der Waals surface area contributed by atoms with Crippen molar-refractivity contribution in [3.8, 4) is 5.75 Å². The van der Waals surface area contributed by atoms with Crippen LogP contribution in [0, 0.1) is 11.3 Å². The smallest absolute Gasteiger partial charge is 0.250 e. The number of aromatic nitrogens is 1. The molecule has 1 aromatic heterocycles. The minimum Gasteiger partial charge on any atom is -0.497 e. The summed E-state index contributed by atoms with van der Waals surface area (Å²) in [5, 5.41) is 0.217. The fourth-order valence-corrected chi connectivity index (χ4v) is 6.24. The summed E-state index contributed by atoms with van der Waals surface area (Å²) in [7, 11) is 4.89. The first-order chi connectivity index (χ1) is 16.7. The quantitative estimate of drug-likeness (QED) is 0.466. The normalized spacial score (nSPS) is 23.9. The Morgan fingerprint density at radius 3 is 2.31 bits per heavy atom. The minimum absolute atomic E-state index is 0.0380. The zero-order valence-electron chi connectivity index (χ0n) is 20.3. The molecule has 0 aliphatic carbocycles. The summed E-state index contributed by atoms with van der Waals surface area (Å²) in [4.78, 5) is 45.1. The average molecular weight is 495 g/mol. The van der Waals surface area contributed by atoms with Crippen molar-refractivity contribution in [2.45, 2.75) is 25.3 Å². The Kier molecular flexibility index (Phi) is 6.01. The molecule has 0 spiro atoms. The molecule has 9 heteroatoms. The van der Waals surface area contributed by atoms with Gasteiger partial charge < -0.3 is 14.2 Å². The lowest BCUT2D eigenvalue weighted by Gasteiger charge is -2.48. The summed E-state index contributed by atoms with van der Waals surface area (Å²) in [6.07, 6.45) is 1.28. The maximum atomic E-state index is 13.8. The van der Waals surface area contributed by atoms with E-state index in [1.807, 2.05) is 41.0 Å². The highest BCUT2D eigenvalue weighted by molar-refractivity contribution is 7.80.